The standard InChI is InChI=1S/C60H67BN10O10/c1-36-30-38(57(75)67(4)25-9-28-78-43-17-19-45-47(33-43)68(5)58(76)70(45)46-20-21-50(72)65-56(46)74)14-18-44(36)61-80-49-32-39-31-48(59(39,2)3)60(49,81-61)24-29-77-34-51(73)69-26-22-40(23-27-69)71-55-52(54(62)63-35-64-55)53(66-71)37-12-15-42(16-13-37)79-41-10-7-6-8-11-41/h6-8,10-19,30,33,35,39-40,46,48-49H,9,20-29,31-32,34H2,1-5H3,(H2,62,63,64)(H,65,72,74)/t39-,46?,48-,49+,60-/m1/s1. The average Bonchev–Trinajstić information content (AvgIpc) is 2.75. The van der Waals surface area contributed by atoms with Crippen LogP contribution in [0.2, 0.25) is 0 Å². The van der Waals surface area contributed by atoms with Crippen LogP contribution in [0, 0.1) is 24.2 Å². The fourth-order valence-corrected chi connectivity index (χ4v) is 13.3. The summed E-state index contributed by atoms with van der Waals surface area (Å²) in [6.07, 6.45) is 6.20. The van der Waals surface area contributed by atoms with E-state index in [2.05, 4.69) is 29.1 Å². The number of imidazole rings is 1. The van der Waals surface area contributed by atoms with Crippen molar-refractivity contribution in [2.45, 2.75) is 95.9 Å². The number of nitrogens with zero attached hydrogens (tertiary/aromatic N) is 8. The lowest BCUT2D eigenvalue weighted by Crippen LogP contribution is -2.67. The molecule has 7 aromatic rings. The molecule has 3 aromatic heterocycles. The molecule has 6 heterocycles. The number of hydrogen-bond donors (Lipinski definition) is 2. The number of aromatic nitrogens is 6. The van der Waals surface area contributed by atoms with E-state index < -0.39 is 24.7 Å². The molecule has 6 fully saturated rings. The number of hydrogen-bond acceptors (Lipinski definition) is 14. The second-order valence-corrected chi connectivity index (χ2v) is 23.0. The van der Waals surface area contributed by atoms with Crippen molar-refractivity contribution in [1.82, 2.24) is 44.0 Å². The number of carbonyl (C=O) groups excluding carboxylic acids is 4. The summed E-state index contributed by atoms with van der Waals surface area (Å²) in [7, 11) is 2.79. The molecule has 3 aliphatic heterocycles. The smallest absolute Gasteiger partial charge is 0.493 e. The Morgan fingerprint density at radius 2 is 1.67 bits per heavy atom. The number of nitrogen functional groups attached to an aromatic ring is 1. The molecule has 3 aliphatic carbocycles. The number of piperidine rings is 2. The van der Waals surface area contributed by atoms with Crippen molar-refractivity contribution >= 4 is 64.1 Å². The fraction of sp³-hybridized carbons (Fsp3) is 0.433. The van der Waals surface area contributed by atoms with Gasteiger partial charge in [-0.2, -0.15) is 5.10 Å². The first-order valence-electron chi connectivity index (χ1n) is 28.1. The third-order valence-corrected chi connectivity index (χ3v) is 18.0. The minimum atomic E-state index is -0.770. The Balaban J connectivity index is 0.631. The predicted octanol–water partition coefficient (Wildman–Crippen LogP) is 6.53. The summed E-state index contributed by atoms with van der Waals surface area (Å²) in [5, 5.41) is 8.10. The molecule has 3 saturated carbocycles. The van der Waals surface area contributed by atoms with Crippen LogP contribution in [-0.4, -0.2) is 128 Å². The largest absolute Gasteiger partial charge is 0.494 e. The Kier molecular flexibility index (Phi) is 14.3. The summed E-state index contributed by atoms with van der Waals surface area (Å²) >= 11 is 0. The number of likely N-dealkylation sites (tertiary alicyclic amines) is 1. The van der Waals surface area contributed by atoms with Crippen LogP contribution in [0.1, 0.15) is 93.2 Å². The summed E-state index contributed by atoms with van der Waals surface area (Å²) in [6.45, 7) is 8.80. The first-order valence-corrected chi connectivity index (χ1v) is 28.1. The number of fused-ring (bicyclic) bond motifs is 2. The molecule has 3 N–H and O–H groups in total. The molecular formula is C60H67BN10O10. The van der Waals surface area contributed by atoms with E-state index in [1.807, 2.05) is 89.3 Å². The molecule has 3 saturated heterocycles. The van der Waals surface area contributed by atoms with Crippen molar-refractivity contribution in [2.24, 2.45) is 24.3 Å². The summed E-state index contributed by atoms with van der Waals surface area (Å²) in [5.41, 5.74) is 11.3. The highest BCUT2D eigenvalue weighted by molar-refractivity contribution is 6.62. The number of ether oxygens (including phenoxy) is 3. The number of anilines is 1. The van der Waals surface area contributed by atoms with Gasteiger partial charge in [0.1, 0.15) is 47.7 Å². The molecule has 13 rings (SSSR count). The number of amides is 4. The minimum Gasteiger partial charge on any atom is -0.493 e. The highest BCUT2D eigenvalue weighted by atomic mass is 16.7. The Hall–Kier alpha value is -7.88. The lowest BCUT2D eigenvalue weighted by atomic mass is 9.43. The summed E-state index contributed by atoms with van der Waals surface area (Å²) in [4.78, 5) is 77.5. The van der Waals surface area contributed by atoms with E-state index in [1.54, 1.807) is 37.2 Å². The third kappa shape index (κ3) is 9.92. The Bertz CT molecular complexity index is 3630. The maximum atomic E-state index is 13.8. The first-order chi connectivity index (χ1) is 39.1. The van der Waals surface area contributed by atoms with E-state index in [0.29, 0.717) is 115 Å². The molecule has 0 radical (unpaired) electrons. The second-order valence-electron chi connectivity index (χ2n) is 23.0. The van der Waals surface area contributed by atoms with Crippen molar-refractivity contribution < 1.29 is 42.7 Å². The van der Waals surface area contributed by atoms with Gasteiger partial charge >= 0.3 is 12.8 Å². The van der Waals surface area contributed by atoms with E-state index in [4.69, 9.17) is 34.4 Å². The van der Waals surface area contributed by atoms with Gasteiger partial charge in [-0.3, -0.25) is 33.6 Å². The van der Waals surface area contributed by atoms with E-state index >= 15 is 0 Å². The van der Waals surface area contributed by atoms with Crippen molar-refractivity contribution in [3.05, 3.63) is 119 Å². The molecule has 0 spiro atoms. The Morgan fingerprint density at radius 3 is 2.42 bits per heavy atom. The zero-order chi connectivity index (χ0) is 56.3. The van der Waals surface area contributed by atoms with Crippen molar-refractivity contribution in [3.63, 3.8) is 0 Å². The van der Waals surface area contributed by atoms with Crippen molar-refractivity contribution in [1.29, 1.82) is 0 Å². The van der Waals surface area contributed by atoms with Gasteiger partial charge in [0.15, 0.2) is 5.65 Å². The maximum absolute atomic E-state index is 13.8. The van der Waals surface area contributed by atoms with E-state index in [-0.39, 0.29) is 66.3 Å². The zero-order valence-electron chi connectivity index (χ0n) is 46.3. The molecule has 20 nitrogen and oxygen atoms in total. The quantitative estimate of drug-likeness (QED) is 0.0561. The molecule has 420 valence electrons. The number of para-hydroxylation sites is 1. The van der Waals surface area contributed by atoms with Crippen LogP contribution in [0.15, 0.2) is 102 Å². The summed E-state index contributed by atoms with van der Waals surface area (Å²) < 4.78 is 37.1. The van der Waals surface area contributed by atoms with E-state index in [1.165, 1.54) is 15.5 Å². The first kappa shape index (κ1) is 53.8. The van der Waals surface area contributed by atoms with Gasteiger partial charge in [-0.05, 0) is 129 Å². The van der Waals surface area contributed by atoms with Crippen LogP contribution in [0.4, 0.5) is 5.82 Å². The molecule has 2 bridgehead atoms. The molecule has 4 amide bonds. The maximum Gasteiger partial charge on any atom is 0.494 e. The number of nitrogens with one attached hydrogen (secondary N) is 1. The van der Waals surface area contributed by atoms with Crippen molar-refractivity contribution in [2.75, 3.05) is 52.2 Å². The van der Waals surface area contributed by atoms with Gasteiger partial charge < -0.3 is 39.1 Å². The van der Waals surface area contributed by atoms with Gasteiger partial charge in [-0.25, -0.2) is 19.4 Å². The Labute approximate surface area is 469 Å². The predicted molar refractivity (Wildman–Crippen MR) is 303 cm³/mol. The Morgan fingerprint density at radius 1 is 0.901 bits per heavy atom. The summed E-state index contributed by atoms with van der Waals surface area (Å²) in [5.74, 6) is 2.14. The van der Waals surface area contributed by atoms with Gasteiger partial charge in [0.2, 0.25) is 17.7 Å². The van der Waals surface area contributed by atoms with Crippen LogP contribution < -0.4 is 31.7 Å². The topological polar surface area (TPSA) is 229 Å². The lowest BCUT2D eigenvalue weighted by Gasteiger charge is -2.65. The fourth-order valence-electron chi connectivity index (χ4n) is 13.3. The van der Waals surface area contributed by atoms with Crippen LogP contribution in [0.3, 0.4) is 0 Å². The number of imide groups is 1. The average molecular weight is 1100 g/mol. The number of carbonyl (C=O) groups is 4. The lowest BCUT2D eigenvalue weighted by molar-refractivity contribution is -0.214. The van der Waals surface area contributed by atoms with Crippen molar-refractivity contribution in [3.8, 4) is 28.5 Å². The van der Waals surface area contributed by atoms with Gasteiger partial charge in [0, 0.05) is 63.8 Å². The normalized spacial score (nSPS) is 22.4. The molecule has 21 heteroatoms. The molecule has 6 aliphatic rings. The van der Waals surface area contributed by atoms with Crippen LogP contribution in [0.25, 0.3) is 33.3 Å². The monoisotopic (exact) mass is 1100 g/mol. The molecule has 1 unspecified atom stereocenters. The number of aryl methyl sites for hydroxylation is 2. The number of rotatable bonds is 17. The van der Waals surface area contributed by atoms with E-state index in [9.17, 15) is 24.0 Å². The number of nitrogens with two attached hydrogens (primary N) is 1. The SMILES string of the molecule is Cc1cc(C(=O)N(C)CCCOc2ccc3c(c2)n(C)c(=O)n3C2CCC(=O)NC2=O)ccc1B1O[C@H]2C[C@H]3C[C@H](C3(C)C)[C@@]2(CCOCC(=O)N2CCC(n3nc(-c4ccc(Oc5ccccc5)cc4)c4c(N)ncnc43)CC2)O1. The van der Waals surface area contributed by atoms with Gasteiger partial charge in [0.25, 0.3) is 5.91 Å². The summed E-state index contributed by atoms with van der Waals surface area (Å²) in [6, 6.07) is 27.5. The third-order valence-electron chi connectivity index (χ3n) is 18.0. The van der Waals surface area contributed by atoms with Gasteiger partial charge in [-0.15, -0.1) is 0 Å². The highest BCUT2D eigenvalue weighted by Gasteiger charge is 2.69. The zero-order valence-corrected chi connectivity index (χ0v) is 46.3. The number of benzene rings is 4. The van der Waals surface area contributed by atoms with Crippen LogP contribution in [-0.2, 0) is 35.5 Å². The van der Waals surface area contributed by atoms with Crippen LogP contribution >= 0.6 is 0 Å². The van der Waals surface area contributed by atoms with Crippen LogP contribution in [0.5, 0.6) is 17.2 Å². The van der Waals surface area contributed by atoms with E-state index in [0.717, 1.165) is 35.2 Å². The highest BCUT2D eigenvalue weighted by Crippen LogP contribution is 2.66. The molecule has 4 aromatic carbocycles. The van der Waals surface area contributed by atoms with Gasteiger partial charge in [0.05, 0.1) is 47.4 Å². The molecule has 5 atom stereocenters. The molecule has 81 heavy (non-hydrogen) atoms. The minimum absolute atomic E-state index is 0.00222. The second kappa shape index (κ2) is 21.5. The molecular weight excluding hydrogens is 1030 g/mol. The van der Waals surface area contributed by atoms with Gasteiger partial charge in [-0.1, -0.05) is 43.7 Å².